The molecule has 0 saturated carbocycles. The van der Waals surface area contributed by atoms with E-state index in [1.165, 1.54) is 37.4 Å². The molecule has 1 saturated heterocycles. The van der Waals surface area contributed by atoms with E-state index in [0.717, 1.165) is 5.56 Å². The predicted octanol–water partition coefficient (Wildman–Crippen LogP) is 1.96. The molecule has 2 heterocycles. The molecule has 9 nitrogen and oxygen atoms in total. The Balaban J connectivity index is 1.60. The number of pyridine rings is 1. The van der Waals surface area contributed by atoms with Gasteiger partial charge in [0, 0.05) is 44.7 Å². The van der Waals surface area contributed by atoms with Crippen molar-refractivity contribution < 1.29 is 18.9 Å². The summed E-state index contributed by atoms with van der Waals surface area (Å²) < 4.78 is 13.1. The smallest absolute Gasteiger partial charge is 0.311 e. The Morgan fingerprint density at radius 1 is 1.26 bits per heavy atom. The van der Waals surface area contributed by atoms with E-state index in [1.807, 2.05) is 4.90 Å². The third kappa shape index (κ3) is 5.97. The highest BCUT2D eigenvalue weighted by Crippen LogP contribution is 2.27. The SMILES string of the molecule is CC(=O)N[C@@H](Cc1ccc(F)cc1)C(=O)NC1CCN(c2ncccc2[N+](=O)[O-])CC1. The van der Waals surface area contributed by atoms with E-state index in [2.05, 4.69) is 15.6 Å². The lowest BCUT2D eigenvalue weighted by Crippen LogP contribution is -2.52. The van der Waals surface area contributed by atoms with E-state index in [1.54, 1.807) is 12.1 Å². The second-order valence-corrected chi connectivity index (χ2v) is 7.46. The minimum atomic E-state index is -0.780. The Hall–Kier alpha value is -3.56. The number of carbonyl (C=O) groups is 2. The van der Waals surface area contributed by atoms with Crippen molar-refractivity contribution >= 4 is 23.3 Å². The molecule has 0 unspecified atom stereocenters. The average Bonchev–Trinajstić information content (AvgIpc) is 2.75. The van der Waals surface area contributed by atoms with Gasteiger partial charge < -0.3 is 15.5 Å². The number of benzene rings is 1. The van der Waals surface area contributed by atoms with Crippen LogP contribution >= 0.6 is 0 Å². The zero-order valence-electron chi connectivity index (χ0n) is 17.1. The number of rotatable bonds is 7. The summed E-state index contributed by atoms with van der Waals surface area (Å²) in [5, 5.41) is 16.8. The van der Waals surface area contributed by atoms with Gasteiger partial charge in [-0.25, -0.2) is 9.37 Å². The zero-order valence-corrected chi connectivity index (χ0v) is 17.1. The number of amides is 2. The van der Waals surface area contributed by atoms with Crippen molar-refractivity contribution in [2.75, 3.05) is 18.0 Å². The van der Waals surface area contributed by atoms with Gasteiger partial charge in [-0.1, -0.05) is 12.1 Å². The van der Waals surface area contributed by atoms with Crippen molar-refractivity contribution in [3.05, 3.63) is 64.1 Å². The molecule has 2 amide bonds. The summed E-state index contributed by atoms with van der Waals surface area (Å²) >= 11 is 0. The van der Waals surface area contributed by atoms with Gasteiger partial charge in [-0.3, -0.25) is 19.7 Å². The van der Waals surface area contributed by atoms with Gasteiger partial charge in [0.1, 0.15) is 11.9 Å². The minimum absolute atomic E-state index is 0.0463. The number of nitro groups is 1. The van der Waals surface area contributed by atoms with E-state index in [-0.39, 0.29) is 35.8 Å². The number of nitrogens with zero attached hydrogens (tertiary/aromatic N) is 3. The molecule has 0 radical (unpaired) electrons. The van der Waals surface area contributed by atoms with Crippen molar-refractivity contribution in [2.24, 2.45) is 0 Å². The monoisotopic (exact) mass is 429 g/mol. The lowest BCUT2D eigenvalue weighted by atomic mass is 10.0. The molecule has 31 heavy (non-hydrogen) atoms. The molecule has 1 fully saturated rings. The first-order valence-electron chi connectivity index (χ1n) is 9.99. The fourth-order valence-electron chi connectivity index (χ4n) is 3.62. The van der Waals surface area contributed by atoms with Gasteiger partial charge in [0.2, 0.25) is 17.6 Å². The Bertz CT molecular complexity index is 945. The van der Waals surface area contributed by atoms with E-state index in [4.69, 9.17) is 0 Å². The molecule has 1 aromatic heterocycles. The zero-order chi connectivity index (χ0) is 22.4. The summed E-state index contributed by atoms with van der Waals surface area (Å²) in [6.45, 7) is 2.35. The lowest BCUT2D eigenvalue weighted by molar-refractivity contribution is -0.384. The third-order valence-corrected chi connectivity index (χ3v) is 5.15. The maximum absolute atomic E-state index is 13.1. The van der Waals surface area contributed by atoms with Crippen molar-refractivity contribution in [3.8, 4) is 0 Å². The quantitative estimate of drug-likeness (QED) is 0.513. The summed E-state index contributed by atoms with van der Waals surface area (Å²) in [6, 6.07) is 7.82. The van der Waals surface area contributed by atoms with Gasteiger partial charge in [-0.15, -0.1) is 0 Å². The fourth-order valence-corrected chi connectivity index (χ4v) is 3.62. The highest BCUT2D eigenvalue weighted by molar-refractivity contribution is 5.87. The van der Waals surface area contributed by atoms with Crippen molar-refractivity contribution in [3.63, 3.8) is 0 Å². The molecular formula is C21H24FN5O4. The van der Waals surface area contributed by atoms with Crippen LogP contribution in [-0.4, -0.2) is 46.9 Å². The molecule has 1 atom stereocenters. The highest BCUT2D eigenvalue weighted by atomic mass is 19.1. The van der Waals surface area contributed by atoms with Gasteiger partial charge >= 0.3 is 5.69 Å². The van der Waals surface area contributed by atoms with Crippen LogP contribution in [0.2, 0.25) is 0 Å². The van der Waals surface area contributed by atoms with Crippen LogP contribution < -0.4 is 15.5 Å². The summed E-state index contributed by atoms with van der Waals surface area (Å²) in [7, 11) is 0. The molecule has 1 aliphatic heterocycles. The number of piperidine rings is 1. The summed E-state index contributed by atoms with van der Waals surface area (Å²) in [5.41, 5.74) is 0.683. The molecule has 0 spiro atoms. The van der Waals surface area contributed by atoms with Crippen molar-refractivity contribution in [2.45, 2.75) is 38.3 Å². The van der Waals surface area contributed by atoms with Gasteiger partial charge in [-0.2, -0.15) is 0 Å². The van der Waals surface area contributed by atoms with Crippen LogP contribution in [0.1, 0.15) is 25.3 Å². The molecule has 0 bridgehead atoms. The molecule has 1 aromatic carbocycles. The molecule has 0 aliphatic carbocycles. The molecule has 10 heteroatoms. The fraction of sp³-hybridized carbons (Fsp3) is 0.381. The number of hydrogen-bond acceptors (Lipinski definition) is 6. The van der Waals surface area contributed by atoms with Crippen molar-refractivity contribution in [1.29, 1.82) is 0 Å². The summed E-state index contributed by atoms with van der Waals surface area (Å²) in [5.74, 6) is -0.699. The first-order valence-corrected chi connectivity index (χ1v) is 9.99. The van der Waals surface area contributed by atoms with Gasteiger partial charge in [0.25, 0.3) is 0 Å². The van der Waals surface area contributed by atoms with Gasteiger partial charge in [-0.05, 0) is 36.6 Å². The Morgan fingerprint density at radius 2 is 1.94 bits per heavy atom. The lowest BCUT2D eigenvalue weighted by Gasteiger charge is -2.33. The van der Waals surface area contributed by atoms with Crippen LogP contribution in [0.5, 0.6) is 0 Å². The molecule has 2 aromatic rings. The van der Waals surface area contributed by atoms with Gasteiger partial charge in [0.15, 0.2) is 0 Å². The Morgan fingerprint density at radius 3 is 2.55 bits per heavy atom. The van der Waals surface area contributed by atoms with Crippen LogP contribution in [0.15, 0.2) is 42.6 Å². The van der Waals surface area contributed by atoms with Crippen LogP contribution in [-0.2, 0) is 16.0 Å². The predicted molar refractivity (Wildman–Crippen MR) is 112 cm³/mol. The second-order valence-electron chi connectivity index (χ2n) is 7.46. The number of halogens is 1. The average molecular weight is 429 g/mol. The van der Waals surface area contributed by atoms with E-state index < -0.39 is 11.0 Å². The largest absolute Gasteiger partial charge is 0.351 e. The normalized spacial score (nSPS) is 15.2. The third-order valence-electron chi connectivity index (χ3n) is 5.15. The highest BCUT2D eigenvalue weighted by Gasteiger charge is 2.28. The Kier molecular flexibility index (Phi) is 7.11. The van der Waals surface area contributed by atoms with E-state index in [0.29, 0.717) is 31.7 Å². The number of anilines is 1. The number of carbonyl (C=O) groups excluding carboxylic acids is 2. The Labute approximate surface area is 178 Å². The number of aromatic nitrogens is 1. The molecule has 2 N–H and O–H groups in total. The summed E-state index contributed by atoms with van der Waals surface area (Å²) in [4.78, 5) is 41.1. The molecule has 1 aliphatic rings. The van der Waals surface area contributed by atoms with E-state index in [9.17, 15) is 24.1 Å². The first kappa shape index (κ1) is 22.1. The molecule has 164 valence electrons. The number of hydrogen-bond donors (Lipinski definition) is 2. The standard InChI is InChI=1S/C21H24FN5O4/c1-14(28)24-18(13-15-4-6-16(22)7-5-15)21(29)25-17-8-11-26(12-9-17)20-19(27(30)31)3-2-10-23-20/h2-7,10,17-18H,8-9,11-13H2,1H3,(H,24,28)(H,25,29)/t18-/m0/s1. The minimum Gasteiger partial charge on any atom is -0.351 e. The van der Waals surface area contributed by atoms with Crippen LogP contribution in [0.3, 0.4) is 0 Å². The molecular weight excluding hydrogens is 405 g/mol. The van der Waals surface area contributed by atoms with E-state index >= 15 is 0 Å². The van der Waals surface area contributed by atoms with Gasteiger partial charge in [0.05, 0.1) is 4.92 Å². The molecule has 3 rings (SSSR count). The number of nitrogens with one attached hydrogen (secondary N) is 2. The topological polar surface area (TPSA) is 117 Å². The van der Waals surface area contributed by atoms with Crippen LogP contribution in [0.25, 0.3) is 0 Å². The van der Waals surface area contributed by atoms with Crippen LogP contribution in [0, 0.1) is 15.9 Å². The van der Waals surface area contributed by atoms with Crippen molar-refractivity contribution in [1.82, 2.24) is 15.6 Å². The summed E-state index contributed by atoms with van der Waals surface area (Å²) in [6.07, 6.45) is 2.93. The first-order chi connectivity index (χ1) is 14.8. The maximum atomic E-state index is 13.1. The second kappa shape index (κ2) is 9.96. The maximum Gasteiger partial charge on any atom is 0.311 e. The van der Waals surface area contributed by atoms with Crippen LogP contribution in [0.4, 0.5) is 15.9 Å².